The molecule has 3 nitrogen and oxygen atoms in total. The van der Waals surface area contributed by atoms with E-state index in [0.717, 1.165) is 24.9 Å². The highest BCUT2D eigenvalue weighted by Gasteiger charge is 2.32. The highest BCUT2D eigenvalue weighted by Crippen LogP contribution is 2.37. The molecule has 1 amide bonds. The molecule has 0 aromatic heterocycles. The molecule has 0 aliphatic heterocycles. The first-order chi connectivity index (χ1) is 9.51. The molecule has 1 aromatic rings. The van der Waals surface area contributed by atoms with E-state index in [-0.39, 0.29) is 17.8 Å². The summed E-state index contributed by atoms with van der Waals surface area (Å²) in [6.07, 6.45) is 1.94. The van der Waals surface area contributed by atoms with Gasteiger partial charge in [-0.25, -0.2) is 4.39 Å². The van der Waals surface area contributed by atoms with Crippen LogP contribution in [0.2, 0.25) is 0 Å². The van der Waals surface area contributed by atoms with Crippen LogP contribution < -0.4 is 5.32 Å². The Labute approximate surface area is 120 Å². The van der Waals surface area contributed by atoms with Gasteiger partial charge in [0.2, 0.25) is 5.91 Å². The van der Waals surface area contributed by atoms with E-state index in [0.29, 0.717) is 12.0 Å². The number of nitrogens with zero attached hydrogens (tertiary/aromatic N) is 1. The Morgan fingerprint density at radius 1 is 1.50 bits per heavy atom. The summed E-state index contributed by atoms with van der Waals surface area (Å²) in [4.78, 5) is 13.7. The molecule has 2 rings (SSSR count). The van der Waals surface area contributed by atoms with Crippen LogP contribution >= 0.6 is 0 Å². The summed E-state index contributed by atoms with van der Waals surface area (Å²) >= 11 is 0. The SMILES string of the molecule is CCN(C)C(=O)C(C)NC1CC(c2cccc(F)c2)C1. The summed E-state index contributed by atoms with van der Waals surface area (Å²) in [6.45, 7) is 4.60. The van der Waals surface area contributed by atoms with Gasteiger partial charge >= 0.3 is 0 Å². The quantitative estimate of drug-likeness (QED) is 0.897. The molecule has 1 aliphatic rings. The molecule has 0 saturated heterocycles. The van der Waals surface area contributed by atoms with Crippen LogP contribution in [0.1, 0.15) is 38.2 Å². The van der Waals surface area contributed by atoms with Gasteiger partial charge in [0.1, 0.15) is 5.82 Å². The maximum atomic E-state index is 13.2. The number of likely N-dealkylation sites (N-methyl/N-ethyl adjacent to an activating group) is 1. The number of hydrogen-bond acceptors (Lipinski definition) is 2. The molecule has 1 saturated carbocycles. The van der Waals surface area contributed by atoms with E-state index in [2.05, 4.69) is 5.32 Å². The third-order valence-electron chi connectivity index (χ3n) is 4.16. The van der Waals surface area contributed by atoms with Gasteiger partial charge in [-0.3, -0.25) is 4.79 Å². The number of halogens is 1. The van der Waals surface area contributed by atoms with Gasteiger partial charge in [-0.2, -0.15) is 0 Å². The number of benzene rings is 1. The zero-order chi connectivity index (χ0) is 14.7. The number of carbonyl (C=O) groups is 1. The fourth-order valence-corrected chi connectivity index (χ4v) is 2.70. The predicted octanol–water partition coefficient (Wildman–Crippen LogP) is 2.53. The summed E-state index contributed by atoms with van der Waals surface area (Å²) in [5.74, 6) is 0.364. The molecular weight excluding hydrogens is 255 g/mol. The summed E-state index contributed by atoms with van der Waals surface area (Å²) in [5.41, 5.74) is 1.06. The molecule has 1 unspecified atom stereocenters. The average Bonchev–Trinajstić information content (AvgIpc) is 2.40. The Morgan fingerprint density at radius 3 is 2.80 bits per heavy atom. The van der Waals surface area contributed by atoms with Gasteiger partial charge in [-0.05, 0) is 50.3 Å². The van der Waals surface area contributed by atoms with Gasteiger partial charge < -0.3 is 10.2 Å². The summed E-state index contributed by atoms with van der Waals surface area (Å²) in [5, 5.41) is 3.36. The number of rotatable bonds is 5. The second-order valence-corrected chi connectivity index (χ2v) is 5.66. The zero-order valence-electron chi connectivity index (χ0n) is 12.4. The number of nitrogens with one attached hydrogen (secondary N) is 1. The topological polar surface area (TPSA) is 32.3 Å². The molecular formula is C16H23FN2O. The number of amides is 1. The van der Waals surface area contributed by atoms with Gasteiger partial charge in [-0.1, -0.05) is 12.1 Å². The van der Waals surface area contributed by atoms with Gasteiger partial charge in [0.15, 0.2) is 0 Å². The van der Waals surface area contributed by atoms with Crippen LogP contribution in [0.3, 0.4) is 0 Å². The Balaban J connectivity index is 1.81. The second kappa shape index (κ2) is 6.35. The maximum absolute atomic E-state index is 13.2. The number of carbonyl (C=O) groups excluding carboxylic acids is 1. The molecule has 1 atom stereocenters. The smallest absolute Gasteiger partial charge is 0.239 e. The van der Waals surface area contributed by atoms with E-state index in [1.807, 2.05) is 27.0 Å². The Kier molecular flexibility index (Phi) is 4.76. The minimum Gasteiger partial charge on any atom is -0.345 e. The van der Waals surface area contributed by atoms with E-state index in [1.54, 1.807) is 17.0 Å². The lowest BCUT2D eigenvalue weighted by Crippen LogP contribution is -2.50. The molecule has 1 N–H and O–H groups in total. The van der Waals surface area contributed by atoms with Crippen LogP contribution in [0.25, 0.3) is 0 Å². The Bertz CT molecular complexity index is 471. The molecule has 0 bridgehead atoms. The standard InChI is InChI=1S/C16H23FN2O/c1-4-19(3)16(20)11(2)18-15-9-13(10-15)12-6-5-7-14(17)8-12/h5-8,11,13,15,18H,4,9-10H2,1-3H3. The lowest BCUT2D eigenvalue weighted by molar-refractivity contribution is -0.131. The third kappa shape index (κ3) is 3.37. The monoisotopic (exact) mass is 278 g/mol. The predicted molar refractivity (Wildman–Crippen MR) is 78.1 cm³/mol. The van der Waals surface area contributed by atoms with Crippen LogP contribution in [0.5, 0.6) is 0 Å². The normalized spacial score (nSPS) is 23.0. The van der Waals surface area contributed by atoms with Crippen molar-refractivity contribution in [3.63, 3.8) is 0 Å². The summed E-state index contributed by atoms with van der Waals surface area (Å²) in [6, 6.07) is 7.02. The number of hydrogen-bond donors (Lipinski definition) is 1. The lowest BCUT2D eigenvalue weighted by atomic mass is 9.75. The van der Waals surface area contributed by atoms with Gasteiger partial charge in [0.05, 0.1) is 6.04 Å². The molecule has 20 heavy (non-hydrogen) atoms. The van der Waals surface area contributed by atoms with Crippen LogP contribution in [0.4, 0.5) is 4.39 Å². The van der Waals surface area contributed by atoms with Crippen LogP contribution in [-0.2, 0) is 4.79 Å². The Morgan fingerprint density at radius 2 is 2.20 bits per heavy atom. The average molecular weight is 278 g/mol. The Hall–Kier alpha value is -1.42. The van der Waals surface area contributed by atoms with Crippen LogP contribution in [0, 0.1) is 5.82 Å². The molecule has 0 heterocycles. The van der Waals surface area contributed by atoms with E-state index >= 15 is 0 Å². The third-order valence-corrected chi connectivity index (χ3v) is 4.16. The van der Waals surface area contributed by atoms with Gasteiger partial charge in [-0.15, -0.1) is 0 Å². The molecule has 1 aromatic carbocycles. The van der Waals surface area contributed by atoms with Crippen molar-refractivity contribution in [2.24, 2.45) is 0 Å². The van der Waals surface area contributed by atoms with Crippen molar-refractivity contribution >= 4 is 5.91 Å². The van der Waals surface area contributed by atoms with Crippen molar-refractivity contribution in [1.82, 2.24) is 10.2 Å². The highest BCUT2D eigenvalue weighted by molar-refractivity contribution is 5.81. The minimum atomic E-state index is -0.174. The van der Waals surface area contributed by atoms with E-state index in [4.69, 9.17) is 0 Å². The van der Waals surface area contributed by atoms with E-state index in [1.165, 1.54) is 6.07 Å². The first-order valence-electron chi connectivity index (χ1n) is 7.27. The molecule has 1 fully saturated rings. The maximum Gasteiger partial charge on any atom is 0.239 e. The van der Waals surface area contributed by atoms with Gasteiger partial charge in [0, 0.05) is 19.6 Å². The lowest BCUT2D eigenvalue weighted by Gasteiger charge is -2.38. The first-order valence-corrected chi connectivity index (χ1v) is 7.27. The van der Waals surface area contributed by atoms with Crippen LogP contribution in [0.15, 0.2) is 24.3 Å². The zero-order valence-corrected chi connectivity index (χ0v) is 12.4. The molecule has 4 heteroatoms. The summed E-state index contributed by atoms with van der Waals surface area (Å²) < 4.78 is 13.2. The molecule has 0 radical (unpaired) electrons. The van der Waals surface area contributed by atoms with Crippen molar-refractivity contribution in [2.75, 3.05) is 13.6 Å². The van der Waals surface area contributed by atoms with Crippen molar-refractivity contribution in [2.45, 2.75) is 44.7 Å². The van der Waals surface area contributed by atoms with Gasteiger partial charge in [0.25, 0.3) is 0 Å². The molecule has 1 aliphatic carbocycles. The minimum absolute atomic E-state index is 0.127. The van der Waals surface area contributed by atoms with E-state index in [9.17, 15) is 9.18 Å². The largest absolute Gasteiger partial charge is 0.345 e. The molecule has 0 spiro atoms. The summed E-state index contributed by atoms with van der Waals surface area (Å²) in [7, 11) is 1.82. The van der Waals surface area contributed by atoms with Crippen molar-refractivity contribution in [3.8, 4) is 0 Å². The fourth-order valence-electron chi connectivity index (χ4n) is 2.70. The van der Waals surface area contributed by atoms with Crippen LogP contribution in [-0.4, -0.2) is 36.5 Å². The highest BCUT2D eigenvalue weighted by atomic mass is 19.1. The van der Waals surface area contributed by atoms with Crippen molar-refractivity contribution in [3.05, 3.63) is 35.6 Å². The van der Waals surface area contributed by atoms with Crippen molar-refractivity contribution in [1.29, 1.82) is 0 Å². The van der Waals surface area contributed by atoms with E-state index < -0.39 is 0 Å². The molecule has 110 valence electrons. The van der Waals surface area contributed by atoms with Crippen molar-refractivity contribution < 1.29 is 9.18 Å². The fraction of sp³-hybridized carbons (Fsp3) is 0.562. The second-order valence-electron chi connectivity index (χ2n) is 5.66. The first kappa shape index (κ1) is 15.0.